The van der Waals surface area contributed by atoms with E-state index in [1.165, 1.54) is 18.9 Å². The quantitative estimate of drug-likeness (QED) is 0.487. The first-order valence-corrected chi connectivity index (χ1v) is 10.8. The first-order valence-electron chi connectivity index (χ1n) is 10.0. The minimum absolute atomic E-state index is 0. The zero-order valence-electron chi connectivity index (χ0n) is 16.4. The molecule has 0 saturated carbocycles. The summed E-state index contributed by atoms with van der Waals surface area (Å²) in [5.41, 5.74) is 2.76. The summed E-state index contributed by atoms with van der Waals surface area (Å²) in [4.78, 5) is 9.26. The normalized spacial score (nSPS) is 23.1. The summed E-state index contributed by atoms with van der Waals surface area (Å²) in [5, 5.41) is 13.2. The van der Waals surface area contributed by atoms with E-state index in [0.29, 0.717) is 23.6 Å². The lowest BCUT2D eigenvalue weighted by atomic mass is 10.0. The Labute approximate surface area is 183 Å². The molecule has 0 amide bonds. The van der Waals surface area contributed by atoms with E-state index in [1.54, 1.807) is 29.3 Å². The first-order chi connectivity index (χ1) is 14.1. The minimum Gasteiger partial charge on any atom is -0.359 e. The van der Waals surface area contributed by atoms with Crippen molar-refractivity contribution in [2.45, 2.75) is 43.8 Å². The number of anilines is 1. The van der Waals surface area contributed by atoms with Crippen LogP contribution in [-0.4, -0.2) is 37.9 Å². The monoisotopic (exact) mass is 444 g/mol. The lowest BCUT2D eigenvalue weighted by Crippen LogP contribution is -2.43. The Balaban J connectivity index is 0.00000193. The number of benzene rings is 1. The van der Waals surface area contributed by atoms with Crippen molar-refractivity contribution >= 4 is 50.0 Å². The summed E-state index contributed by atoms with van der Waals surface area (Å²) < 4.78 is 17.1. The fourth-order valence-corrected chi connectivity index (χ4v) is 5.71. The molecule has 2 atom stereocenters. The number of nitrogens with zero attached hydrogens (tertiary/aromatic N) is 4. The Kier molecular flexibility index (Phi) is 4.88. The summed E-state index contributed by atoms with van der Waals surface area (Å²) in [6.07, 6.45) is 8.48. The van der Waals surface area contributed by atoms with E-state index in [4.69, 9.17) is 4.98 Å². The summed E-state index contributed by atoms with van der Waals surface area (Å²) in [7, 11) is 1.79. The number of hydrogen-bond acceptors (Lipinski definition) is 6. The molecule has 2 aliphatic heterocycles. The molecule has 2 aliphatic rings. The number of hydrogen-bond donors (Lipinski definition) is 2. The Morgan fingerprint density at radius 3 is 2.80 bits per heavy atom. The van der Waals surface area contributed by atoms with Crippen LogP contribution in [0.4, 0.5) is 9.52 Å². The Bertz CT molecular complexity index is 1230. The number of fused-ring (bicyclic) bond motifs is 4. The first kappa shape index (κ1) is 19.7. The molecule has 2 N–H and O–H groups in total. The largest absolute Gasteiger partial charge is 0.359 e. The number of nitrogens with one attached hydrogen (secondary N) is 2. The highest BCUT2D eigenvalue weighted by molar-refractivity contribution is 7.22. The van der Waals surface area contributed by atoms with Gasteiger partial charge in [-0.3, -0.25) is 9.67 Å². The molecule has 9 heteroatoms. The molecule has 0 spiro atoms. The highest BCUT2D eigenvalue weighted by Crippen LogP contribution is 2.33. The number of thiazole rings is 1. The van der Waals surface area contributed by atoms with Crippen molar-refractivity contribution in [3.63, 3.8) is 0 Å². The molecular weight excluding hydrogens is 423 g/mol. The average molecular weight is 445 g/mol. The van der Waals surface area contributed by atoms with E-state index in [0.717, 1.165) is 44.8 Å². The summed E-state index contributed by atoms with van der Waals surface area (Å²) in [6.45, 7) is 0. The van der Waals surface area contributed by atoms with Crippen LogP contribution < -0.4 is 10.6 Å². The summed E-state index contributed by atoms with van der Waals surface area (Å²) in [6, 6.07) is 7.21. The molecule has 156 valence electrons. The second kappa shape index (κ2) is 7.44. The van der Waals surface area contributed by atoms with Crippen molar-refractivity contribution in [1.82, 2.24) is 25.1 Å². The number of pyridine rings is 1. The van der Waals surface area contributed by atoms with Crippen LogP contribution in [0, 0.1) is 5.82 Å². The predicted octanol–water partition coefficient (Wildman–Crippen LogP) is 4.50. The second-order valence-electron chi connectivity index (χ2n) is 8.21. The fraction of sp³-hybridized carbons (Fsp3) is 0.381. The van der Waals surface area contributed by atoms with E-state index >= 15 is 0 Å². The maximum atomic E-state index is 14.5. The summed E-state index contributed by atoms with van der Waals surface area (Å²) >= 11 is 1.64. The molecule has 0 aliphatic carbocycles. The molecule has 5 heterocycles. The molecule has 2 unspecified atom stereocenters. The molecule has 0 radical (unpaired) electrons. The number of piperidine rings is 1. The van der Waals surface area contributed by atoms with Gasteiger partial charge in [0.15, 0.2) is 10.9 Å². The molecule has 2 bridgehead atoms. The van der Waals surface area contributed by atoms with Gasteiger partial charge in [0.05, 0.1) is 16.6 Å². The Hall–Kier alpha value is -2.29. The fourth-order valence-electron chi connectivity index (χ4n) is 4.76. The minimum atomic E-state index is -0.327. The molecule has 2 saturated heterocycles. The predicted molar refractivity (Wildman–Crippen MR) is 121 cm³/mol. The average Bonchev–Trinajstić information content (AvgIpc) is 3.36. The van der Waals surface area contributed by atoms with E-state index in [9.17, 15) is 4.39 Å². The van der Waals surface area contributed by atoms with Crippen molar-refractivity contribution in [3.8, 4) is 11.3 Å². The Morgan fingerprint density at radius 1 is 1.20 bits per heavy atom. The van der Waals surface area contributed by atoms with Crippen molar-refractivity contribution < 1.29 is 4.39 Å². The molecule has 6 nitrogen and oxygen atoms in total. The van der Waals surface area contributed by atoms with Crippen LogP contribution in [0.15, 0.2) is 30.6 Å². The van der Waals surface area contributed by atoms with Crippen LogP contribution in [-0.2, 0) is 7.05 Å². The zero-order valence-corrected chi connectivity index (χ0v) is 18.1. The highest BCUT2D eigenvalue weighted by Gasteiger charge is 2.33. The standard InChI is InChI=1S/C21H21FN6S.ClH/c1-28-10-12-4-11(5-16(22)20(12)27-28)17-8-19-18(9-23-17)26-21(29-19)25-15-6-13-2-3-14(7-15)24-13;/h4-5,8-10,13-15,24H,2-3,6-7H2,1H3,(H,25,26);1H. The smallest absolute Gasteiger partial charge is 0.184 e. The molecule has 2 fully saturated rings. The van der Waals surface area contributed by atoms with Crippen molar-refractivity contribution in [3.05, 3.63) is 36.4 Å². The topological polar surface area (TPSA) is 67.7 Å². The maximum absolute atomic E-state index is 14.5. The van der Waals surface area contributed by atoms with Crippen molar-refractivity contribution in [2.24, 2.45) is 7.05 Å². The van der Waals surface area contributed by atoms with Gasteiger partial charge in [-0.15, -0.1) is 12.4 Å². The van der Waals surface area contributed by atoms with E-state index in [2.05, 4.69) is 20.7 Å². The maximum Gasteiger partial charge on any atom is 0.184 e. The van der Waals surface area contributed by atoms with Crippen LogP contribution >= 0.6 is 23.7 Å². The highest BCUT2D eigenvalue weighted by atomic mass is 35.5. The van der Waals surface area contributed by atoms with Crippen LogP contribution in [0.2, 0.25) is 0 Å². The third-order valence-corrected chi connectivity index (χ3v) is 7.00. The van der Waals surface area contributed by atoms with Gasteiger partial charge in [-0.05, 0) is 43.9 Å². The molecule has 6 rings (SSSR count). The molecular formula is C21H22ClFN6S. The number of halogens is 2. The van der Waals surface area contributed by atoms with E-state index in [1.807, 2.05) is 18.3 Å². The van der Waals surface area contributed by atoms with Gasteiger partial charge in [-0.25, -0.2) is 9.37 Å². The molecule has 1 aromatic carbocycles. The lowest BCUT2D eigenvalue weighted by molar-refractivity contribution is 0.378. The van der Waals surface area contributed by atoms with E-state index < -0.39 is 0 Å². The lowest BCUT2D eigenvalue weighted by Gasteiger charge is -2.29. The van der Waals surface area contributed by atoms with Gasteiger partial charge in [-0.2, -0.15) is 5.10 Å². The van der Waals surface area contributed by atoms with E-state index in [-0.39, 0.29) is 18.2 Å². The van der Waals surface area contributed by atoms with Gasteiger partial charge >= 0.3 is 0 Å². The van der Waals surface area contributed by atoms with Gasteiger partial charge in [0.25, 0.3) is 0 Å². The van der Waals surface area contributed by atoms with Crippen LogP contribution in [0.25, 0.3) is 32.4 Å². The number of aryl methyl sites for hydroxylation is 1. The van der Waals surface area contributed by atoms with Gasteiger partial charge in [-0.1, -0.05) is 11.3 Å². The third-order valence-electron chi connectivity index (χ3n) is 6.05. The van der Waals surface area contributed by atoms with Gasteiger partial charge in [0.1, 0.15) is 11.0 Å². The Morgan fingerprint density at radius 2 is 2.00 bits per heavy atom. The van der Waals surface area contributed by atoms with Crippen LogP contribution in [0.1, 0.15) is 25.7 Å². The molecule has 30 heavy (non-hydrogen) atoms. The zero-order chi connectivity index (χ0) is 19.5. The second-order valence-corrected chi connectivity index (χ2v) is 9.24. The SMILES string of the molecule is Cl.Cn1cc2cc(-c3cc4sc(NC5CC6CCC(C5)N6)nc4cn3)cc(F)c2n1. The van der Waals surface area contributed by atoms with Gasteiger partial charge in [0, 0.05) is 42.3 Å². The number of rotatable bonds is 3. The molecule has 3 aromatic heterocycles. The van der Waals surface area contributed by atoms with Crippen LogP contribution in [0.3, 0.4) is 0 Å². The van der Waals surface area contributed by atoms with Gasteiger partial charge < -0.3 is 10.6 Å². The molecule has 4 aromatic rings. The number of aromatic nitrogens is 4. The van der Waals surface area contributed by atoms with Gasteiger partial charge in [0.2, 0.25) is 0 Å². The summed E-state index contributed by atoms with van der Waals surface area (Å²) in [5.74, 6) is -0.327. The third kappa shape index (κ3) is 3.42. The van der Waals surface area contributed by atoms with Crippen molar-refractivity contribution in [1.29, 1.82) is 0 Å². The van der Waals surface area contributed by atoms with Crippen LogP contribution in [0.5, 0.6) is 0 Å². The van der Waals surface area contributed by atoms with Crippen molar-refractivity contribution in [2.75, 3.05) is 5.32 Å².